The highest BCUT2D eigenvalue weighted by Crippen LogP contribution is 2.22. The van der Waals surface area contributed by atoms with Crippen molar-refractivity contribution >= 4 is 18.3 Å². The Morgan fingerprint density at radius 2 is 2.16 bits per heavy atom. The molecule has 1 aromatic carbocycles. The first-order valence-electron chi connectivity index (χ1n) is 6.08. The van der Waals surface area contributed by atoms with Crippen molar-refractivity contribution in [3.05, 3.63) is 35.4 Å². The number of benzene rings is 1. The van der Waals surface area contributed by atoms with E-state index in [0.29, 0.717) is 19.5 Å². The molecular formula is C13H17ClF2N2O. The van der Waals surface area contributed by atoms with Gasteiger partial charge in [0.2, 0.25) is 5.91 Å². The van der Waals surface area contributed by atoms with E-state index in [1.165, 1.54) is 0 Å². The van der Waals surface area contributed by atoms with Gasteiger partial charge in [0.25, 0.3) is 0 Å². The van der Waals surface area contributed by atoms with Crippen molar-refractivity contribution in [1.29, 1.82) is 0 Å². The first-order chi connectivity index (χ1) is 8.61. The van der Waals surface area contributed by atoms with E-state index < -0.39 is 17.7 Å². The molecule has 1 atom stereocenters. The first kappa shape index (κ1) is 15.9. The average molecular weight is 291 g/mol. The summed E-state index contributed by atoms with van der Waals surface area (Å²) in [6, 6.07) is 2.82. The van der Waals surface area contributed by atoms with Crippen LogP contribution in [0.5, 0.6) is 0 Å². The molecule has 1 unspecified atom stereocenters. The lowest BCUT2D eigenvalue weighted by molar-refractivity contribution is -0.127. The lowest BCUT2D eigenvalue weighted by Crippen LogP contribution is -2.51. The predicted octanol–water partition coefficient (Wildman–Crippen LogP) is 2.17. The van der Waals surface area contributed by atoms with Crippen molar-refractivity contribution < 1.29 is 13.6 Å². The molecule has 6 heteroatoms. The molecule has 1 aromatic rings. The summed E-state index contributed by atoms with van der Waals surface area (Å²) in [6.07, 6.45) is 0.520. The molecule has 106 valence electrons. The van der Waals surface area contributed by atoms with Crippen LogP contribution in [0.4, 0.5) is 8.78 Å². The highest BCUT2D eigenvalue weighted by Gasteiger charge is 2.27. The number of hydrogen-bond donors (Lipinski definition) is 2. The zero-order chi connectivity index (χ0) is 13.1. The minimum Gasteiger partial charge on any atom is -0.349 e. The number of amides is 1. The molecule has 1 fully saturated rings. The van der Waals surface area contributed by atoms with Gasteiger partial charge in [-0.1, -0.05) is 6.92 Å². The molecular weight excluding hydrogens is 274 g/mol. The van der Waals surface area contributed by atoms with Gasteiger partial charge in [0.1, 0.15) is 11.6 Å². The minimum absolute atomic E-state index is 0. The van der Waals surface area contributed by atoms with Crippen LogP contribution in [-0.4, -0.2) is 19.0 Å². The summed E-state index contributed by atoms with van der Waals surface area (Å²) < 4.78 is 26.8. The summed E-state index contributed by atoms with van der Waals surface area (Å²) >= 11 is 0. The number of halogens is 3. The van der Waals surface area contributed by atoms with Gasteiger partial charge in [-0.25, -0.2) is 8.78 Å². The average Bonchev–Trinajstić information content (AvgIpc) is 2.27. The molecule has 1 heterocycles. The Labute approximate surface area is 117 Å². The molecule has 1 amide bonds. The van der Waals surface area contributed by atoms with E-state index in [1.807, 2.05) is 6.92 Å². The van der Waals surface area contributed by atoms with Crippen LogP contribution in [0.2, 0.25) is 0 Å². The quantitative estimate of drug-likeness (QED) is 0.892. The lowest BCUT2D eigenvalue weighted by atomic mass is 9.99. The number of nitrogens with one attached hydrogen (secondary N) is 2. The first-order valence-corrected chi connectivity index (χ1v) is 6.08. The van der Waals surface area contributed by atoms with Crippen molar-refractivity contribution in [2.75, 3.05) is 13.1 Å². The second-order valence-corrected chi connectivity index (χ2v) is 4.49. The van der Waals surface area contributed by atoms with Gasteiger partial charge in [0.15, 0.2) is 0 Å². The second kappa shape index (κ2) is 6.82. The number of carbonyl (C=O) groups excluding carboxylic acids is 1. The van der Waals surface area contributed by atoms with Crippen molar-refractivity contribution in [2.24, 2.45) is 5.92 Å². The van der Waals surface area contributed by atoms with E-state index in [1.54, 1.807) is 0 Å². The van der Waals surface area contributed by atoms with Gasteiger partial charge in [-0.15, -0.1) is 12.4 Å². The maximum Gasteiger partial charge on any atom is 0.226 e. The molecule has 0 spiro atoms. The predicted molar refractivity (Wildman–Crippen MR) is 71.1 cm³/mol. The lowest BCUT2D eigenvalue weighted by Gasteiger charge is -2.28. The third-order valence-electron chi connectivity index (χ3n) is 3.21. The van der Waals surface area contributed by atoms with E-state index in [0.717, 1.165) is 18.2 Å². The molecule has 2 rings (SSSR count). The summed E-state index contributed by atoms with van der Waals surface area (Å²) in [5.74, 6) is -1.15. The van der Waals surface area contributed by atoms with Gasteiger partial charge in [0.05, 0.1) is 12.0 Å². The van der Waals surface area contributed by atoms with Gasteiger partial charge in [-0.3, -0.25) is 4.79 Å². The zero-order valence-electron chi connectivity index (χ0n) is 10.6. The van der Waals surface area contributed by atoms with Gasteiger partial charge < -0.3 is 10.6 Å². The molecule has 0 saturated carbocycles. The Balaban J connectivity index is 0.00000180. The van der Waals surface area contributed by atoms with Gasteiger partial charge in [-0.2, -0.15) is 0 Å². The molecule has 0 aliphatic carbocycles. The fourth-order valence-corrected chi connectivity index (χ4v) is 1.95. The van der Waals surface area contributed by atoms with Crippen LogP contribution in [0.3, 0.4) is 0 Å². The standard InChI is InChI=1S/C13H16F2N2O.ClH/c1-2-12(17-13(18)8-6-16-7-8)10-5-9(14)3-4-11(10)15;/h3-5,8,12,16H,2,6-7H2,1H3,(H,17,18);1H. The molecule has 2 N–H and O–H groups in total. The monoisotopic (exact) mass is 290 g/mol. The Hall–Kier alpha value is -1.20. The smallest absolute Gasteiger partial charge is 0.226 e. The van der Waals surface area contributed by atoms with Crippen LogP contribution >= 0.6 is 12.4 Å². The molecule has 0 aromatic heterocycles. The molecule has 19 heavy (non-hydrogen) atoms. The van der Waals surface area contributed by atoms with Crippen molar-refractivity contribution in [3.8, 4) is 0 Å². The molecule has 1 aliphatic heterocycles. The SMILES string of the molecule is CCC(NC(=O)C1CNC1)c1cc(F)ccc1F.Cl. The Bertz CT molecular complexity index is 452. The number of rotatable bonds is 4. The van der Waals surface area contributed by atoms with Gasteiger partial charge in [-0.05, 0) is 24.6 Å². The van der Waals surface area contributed by atoms with Crippen LogP contribution in [0.1, 0.15) is 24.9 Å². The molecule has 1 saturated heterocycles. The topological polar surface area (TPSA) is 41.1 Å². The Morgan fingerprint density at radius 3 is 2.68 bits per heavy atom. The highest BCUT2D eigenvalue weighted by atomic mass is 35.5. The maximum atomic E-state index is 13.6. The summed E-state index contributed by atoms with van der Waals surface area (Å²) in [7, 11) is 0. The summed E-state index contributed by atoms with van der Waals surface area (Å²) in [5, 5.41) is 5.77. The van der Waals surface area contributed by atoms with Crippen LogP contribution in [0.15, 0.2) is 18.2 Å². The van der Waals surface area contributed by atoms with E-state index >= 15 is 0 Å². The third-order valence-corrected chi connectivity index (χ3v) is 3.21. The molecule has 1 aliphatic rings. The van der Waals surface area contributed by atoms with E-state index in [4.69, 9.17) is 0 Å². The van der Waals surface area contributed by atoms with Crippen molar-refractivity contribution in [3.63, 3.8) is 0 Å². The van der Waals surface area contributed by atoms with Crippen molar-refractivity contribution in [1.82, 2.24) is 10.6 Å². The highest BCUT2D eigenvalue weighted by molar-refractivity contribution is 5.85. The van der Waals surface area contributed by atoms with Crippen LogP contribution in [0, 0.1) is 17.6 Å². The van der Waals surface area contributed by atoms with E-state index in [9.17, 15) is 13.6 Å². The van der Waals surface area contributed by atoms with Crippen molar-refractivity contribution in [2.45, 2.75) is 19.4 Å². The van der Waals surface area contributed by atoms with Crippen LogP contribution < -0.4 is 10.6 Å². The fraction of sp³-hybridized carbons (Fsp3) is 0.462. The summed E-state index contributed by atoms with van der Waals surface area (Å²) in [5.41, 5.74) is 0.207. The molecule has 0 bridgehead atoms. The van der Waals surface area contributed by atoms with Gasteiger partial charge >= 0.3 is 0 Å². The largest absolute Gasteiger partial charge is 0.349 e. The Morgan fingerprint density at radius 1 is 1.47 bits per heavy atom. The zero-order valence-corrected chi connectivity index (χ0v) is 11.4. The number of carbonyl (C=O) groups is 1. The van der Waals surface area contributed by atoms with E-state index in [2.05, 4.69) is 10.6 Å². The number of hydrogen-bond acceptors (Lipinski definition) is 2. The molecule has 0 radical (unpaired) electrons. The summed E-state index contributed by atoms with van der Waals surface area (Å²) in [4.78, 5) is 11.8. The maximum absolute atomic E-state index is 13.6. The van der Waals surface area contributed by atoms with Crippen LogP contribution in [0.25, 0.3) is 0 Å². The fourth-order valence-electron chi connectivity index (χ4n) is 1.95. The normalized spacial score (nSPS) is 16.2. The summed E-state index contributed by atoms with van der Waals surface area (Å²) in [6.45, 7) is 3.12. The minimum atomic E-state index is -0.496. The van der Waals surface area contributed by atoms with Gasteiger partial charge in [0, 0.05) is 18.7 Å². The van der Waals surface area contributed by atoms with Crippen LogP contribution in [-0.2, 0) is 4.79 Å². The molecule has 3 nitrogen and oxygen atoms in total. The Kier molecular flexibility index (Phi) is 5.69. The van der Waals surface area contributed by atoms with E-state index in [-0.39, 0.29) is 29.8 Å². The third kappa shape index (κ3) is 3.64. The second-order valence-electron chi connectivity index (χ2n) is 4.49.